The first kappa shape index (κ1) is 13.3. The van der Waals surface area contributed by atoms with Gasteiger partial charge in [0, 0.05) is 13.1 Å². The first-order valence-corrected chi connectivity index (χ1v) is 6.68. The van der Waals surface area contributed by atoms with Crippen LogP contribution in [0.1, 0.15) is 38.5 Å². The molecule has 0 bridgehead atoms. The minimum absolute atomic E-state index is 0.264. The van der Waals surface area contributed by atoms with E-state index < -0.39 is 6.10 Å². The van der Waals surface area contributed by atoms with Crippen molar-refractivity contribution in [2.45, 2.75) is 38.9 Å². The van der Waals surface area contributed by atoms with Crippen LogP contribution in [0.15, 0.2) is 18.3 Å². The number of β-amino-alcohol motifs (C(OH)–C–C–N with tert-alkyl or cyclic N) is 1. The van der Waals surface area contributed by atoms with E-state index in [9.17, 15) is 10.2 Å². The fraction of sp³-hybridized carbons (Fsp3) is 0.643. The van der Waals surface area contributed by atoms with E-state index in [-0.39, 0.29) is 6.10 Å². The molecule has 2 unspecified atom stereocenters. The normalized spacial score (nSPS) is 26.1. The van der Waals surface area contributed by atoms with Crippen molar-refractivity contribution in [1.82, 2.24) is 4.98 Å². The first-order valence-electron chi connectivity index (χ1n) is 6.68. The molecule has 0 amide bonds. The highest BCUT2D eigenvalue weighted by Gasteiger charge is 2.24. The van der Waals surface area contributed by atoms with Gasteiger partial charge < -0.3 is 15.1 Å². The number of aromatic nitrogens is 1. The Labute approximate surface area is 108 Å². The van der Waals surface area contributed by atoms with Crippen LogP contribution in [-0.4, -0.2) is 34.4 Å². The predicted octanol–water partition coefficient (Wildman–Crippen LogP) is 1.73. The van der Waals surface area contributed by atoms with Gasteiger partial charge in [0.15, 0.2) is 0 Å². The Bertz CT molecular complexity index is 380. The first-order chi connectivity index (χ1) is 8.61. The molecule has 1 aliphatic heterocycles. The van der Waals surface area contributed by atoms with Crippen molar-refractivity contribution in [3.8, 4) is 0 Å². The lowest BCUT2D eigenvalue weighted by molar-refractivity contribution is 0.103. The van der Waals surface area contributed by atoms with Gasteiger partial charge >= 0.3 is 0 Å². The van der Waals surface area contributed by atoms with Gasteiger partial charge in [-0.3, -0.25) is 4.98 Å². The van der Waals surface area contributed by atoms with Crippen molar-refractivity contribution in [3.63, 3.8) is 0 Å². The van der Waals surface area contributed by atoms with Crippen molar-refractivity contribution in [2.24, 2.45) is 5.92 Å². The molecule has 2 heterocycles. The Morgan fingerprint density at radius 1 is 1.50 bits per heavy atom. The van der Waals surface area contributed by atoms with Crippen LogP contribution in [-0.2, 0) is 0 Å². The Morgan fingerprint density at radius 3 is 2.83 bits per heavy atom. The molecule has 0 radical (unpaired) electrons. The molecule has 18 heavy (non-hydrogen) atoms. The summed E-state index contributed by atoms with van der Waals surface area (Å²) >= 11 is 0. The van der Waals surface area contributed by atoms with Gasteiger partial charge in [-0.05, 0) is 30.9 Å². The van der Waals surface area contributed by atoms with Crippen LogP contribution in [0.2, 0.25) is 0 Å². The zero-order valence-electron chi connectivity index (χ0n) is 11.1. The Hall–Kier alpha value is -1.13. The quantitative estimate of drug-likeness (QED) is 0.858. The molecule has 4 nitrogen and oxygen atoms in total. The van der Waals surface area contributed by atoms with E-state index in [0.717, 1.165) is 18.7 Å². The summed E-state index contributed by atoms with van der Waals surface area (Å²) in [5.41, 5.74) is 1.74. The van der Waals surface area contributed by atoms with Crippen molar-refractivity contribution in [3.05, 3.63) is 24.0 Å². The number of hydrogen-bond acceptors (Lipinski definition) is 4. The zero-order valence-corrected chi connectivity index (χ0v) is 11.1. The van der Waals surface area contributed by atoms with Gasteiger partial charge in [0.05, 0.1) is 29.8 Å². The molecular weight excluding hydrogens is 228 g/mol. The number of hydrogen-bond donors (Lipinski definition) is 2. The van der Waals surface area contributed by atoms with Crippen LogP contribution in [0.25, 0.3) is 0 Å². The Balaban J connectivity index is 2.06. The monoisotopic (exact) mass is 250 g/mol. The summed E-state index contributed by atoms with van der Waals surface area (Å²) in [4.78, 5) is 6.45. The highest BCUT2D eigenvalue weighted by Crippen LogP contribution is 2.24. The second-order valence-electron chi connectivity index (χ2n) is 5.14. The summed E-state index contributed by atoms with van der Waals surface area (Å²) in [6.07, 6.45) is 2.72. The summed E-state index contributed by atoms with van der Waals surface area (Å²) in [6, 6.07) is 3.85. The maximum absolute atomic E-state index is 9.89. The van der Waals surface area contributed by atoms with Gasteiger partial charge in [-0.2, -0.15) is 0 Å². The van der Waals surface area contributed by atoms with E-state index in [4.69, 9.17) is 0 Å². The number of anilines is 1. The van der Waals surface area contributed by atoms with Gasteiger partial charge in [-0.15, -0.1) is 0 Å². The lowest BCUT2D eigenvalue weighted by Crippen LogP contribution is -2.42. The van der Waals surface area contributed by atoms with Crippen LogP contribution in [0.4, 0.5) is 5.69 Å². The maximum Gasteiger partial charge on any atom is 0.0957 e. The van der Waals surface area contributed by atoms with Crippen molar-refractivity contribution in [1.29, 1.82) is 0 Å². The molecule has 2 rings (SSSR count). The molecule has 2 N–H and O–H groups in total. The number of aliphatic hydroxyl groups is 2. The number of pyridine rings is 1. The van der Waals surface area contributed by atoms with E-state index >= 15 is 0 Å². The third-order valence-corrected chi connectivity index (χ3v) is 3.78. The molecular formula is C14H22N2O2. The average Bonchev–Trinajstić information content (AvgIpc) is 2.41. The molecule has 0 aliphatic carbocycles. The second-order valence-corrected chi connectivity index (χ2v) is 5.14. The molecule has 1 fully saturated rings. The molecule has 3 atom stereocenters. The smallest absolute Gasteiger partial charge is 0.0957 e. The predicted molar refractivity (Wildman–Crippen MR) is 71.5 cm³/mol. The summed E-state index contributed by atoms with van der Waals surface area (Å²) in [6.45, 7) is 5.64. The van der Waals surface area contributed by atoms with Gasteiger partial charge in [-0.25, -0.2) is 0 Å². The van der Waals surface area contributed by atoms with Crippen molar-refractivity contribution < 1.29 is 10.2 Å². The van der Waals surface area contributed by atoms with Crippen molar-refractivity contribution in [2.75, 3.05) is 18.0 Å². The number of rotatable bonds is 3. The molecule has 0 spiro atoms. The topological polar surface area (TPSA) is 56.6 Å². The van der Waals surface area contributed by atoms with Gasteiger partial charge in [0.1, 0.15) is 0 Å². The second kappa shape index (κ2) is 5.67. The molecule has 1 aliphatic rings. The SMILES string of the molecule is CC[C@H](O)c1ccc(N2CCC(C)C(O)C2)cn1. The minimum Gasteiger partial charge on any atom is -0.391 e. The van der Waals surface area contributed by atoms with Crippen LogP contribution >= 0.6 is 0 Å². The highest BCUT2D eigenvalue weighted by atomic mass is 16.3. The fourth-order valence-corrected chi connectivity index (χ4v) is 2.27. The third kappa shape index (κ3) is 2.82. The summed E-state index contributed by atoms with van der Waals surface area (Å²) < 4.78 is 0. The summed E-state index contributed by atoms with van der Waals surface area (Å²) in [5.74, 6) is 0.371. The van der Waals surface area contributed by atoms with E-state index in [1.54, 1.807) is 6.20 Å². The Morgan fingerprint density at radius 2 is 2.28 bits per heavy atom. The molecule has 1 aromatic heterocycles. The average molecular weight is 250 g/mol. The zero-order chi connectivity index (χ0) is 13.1. The lowest BCUT2D eigenvalue weighted by atomic mass is 9.96. The van der Waals surface area contributed by atoms with Crippen molar-refractivity contribution >= 4 is 5.69 Å². The summed E-state index contributed by atoms with van der Waals surface area (Å²) in [7, 11) is 0. The van der Waals surface area contributed by atoms with E-state index in [1.807, 2.05) is 19.1 Å². The fourth-order valence-electron chi connectivity index (χ4n) is 2.27. The minimum atomic E-state index is -0.481. The van der Waals surface area contributed by atoms with Crippen LogP contribution in [0.5, 0.6) is 0 Å². The third-order valence-electron chi connectivity index (χ3n) is 3.78. The molecule has 100 valence electrons. The maximum atomic E-state index is 9.89. The molecule has 1 aromatic rings. The van der Waals surface area contributed by atoms with E-state index in [1.165, 1.54) is 0 Å². The van der Waals surface area contributed by atoms with Crippen LogP contribution in [0, 0.1) is 5.92 Å². The standard InChI is InChI=1S/C14H22N2O2/c1-3-13(17)12-5-4-11(8-15-12)16-7-6-10(2)14(18)9-16/h4-5,8,10,13-14,17-18H,3,6-7,9H2,1-2H3/t10?,13-,14?/m0/s1. The lowest BCUT2D eigenvalue weighted by Gasteiger charge is -2.35. The van der Waals surface area contributed by atoms with Gasteiger partial charge in [0.2, 0.25) is 0 Å². The number of aliphatic hydroxyl groups excluding tert-OH is 2. The Kier molecular flexibility index (Phi) is 4.19. The highest BCUT2D eigenvalue weighted by molar-refractivity contribution is 5.45. The molecule has 0 aromatic carbocycles. The van der Waals surface area contributed by atoms with E-state index in [0.29, 0.717) is 24.6 Å². The van der Waals surface area contributed by atoms with Crippen LogP contribution in [0.3, 0.4) is 0 Å². The molecule has 1 saturated heterocycles. The molecule has 4 heteroatoms. The van der Waals surface area contributed by atoms with Gasteiger partial charge in [0.25, 0.3) is 0 Å². The van der Waals surface area contributed by atoms with E-state index in [2.05, 4.69) is 16.8 Å². The number of piperidine rings is 1. The van der Waals surface area contributed by atoms with Crippen LogP contribution < -0.4 is 4.90 Å². The molecule has 0 saturated carbocycles. The largest absolute Gasteiger partial charge is 0.391 e. The number of nitrogens with zero attached hydrogens (tertiary/aromatic N) is 2. The van der Waals surface area contributed by atoms with Gasteiger partial charge in [-0.1, -0.05) is 13.8 Å². The summed E-state index contributed by atoms with van der Waals surface area (Å²) in [5, 5.41) is 19.6.